The molecule has 0 spiro atoms. The second-order valence-corrected chi connectivity index (χ2v) is 3.59. The maximum atomic E-state index is 13.2. The molecule has 0 saturated carbocycles. The number of anilines is 1. The monoisotopic (exact) mass is 252 g/mol. The van der Waals surface area contributed by atoms with Gasteiger partial charge in [-0.25, -0.2) is 4.39 Å². The second-order valence-electron chi connectivity index (χ2n) is 3.59. The van der Waals surface area contributed by atoms with Gasteiger partial charge >= 0.3 is 0 Å². The van der Waals surface area contributed by atoms with Crippen molar-refractivity contribution in [2.75, 3.05) is 5.32 Å². The standard InChI is InChI=1S/C9H9FN6O2/c1-5(9-12-14-15-13-9)11-7-2-6(10)3-8(4-7)16(17)18/h2-5,11H,1H3,(H,12,13,14,15). The highest BCUT2D eigenvalue weighted by atomic mass is 19.1. The predicted molar refractivity (Wildman–Crippen MR) is 59.3 cm³/mol. The molecule has 1 atom stereocenters. The van der Waals surface area contributed by atoms with Crippen LogP contribution in [0.2, 0.25) is 0 Å². The van der Waals surface area contributed by atoms with Gasteiger partial charge in [0.15, 0.2) is 5.82 Å². The van der Waals surface area contributed by atoms with Crippen LogP contribution in [0.25, 0.3) is 0 Å². The lowest BCUT2D eigenvalue weighted by molar-refractivity contribution is -0.385. The first kappa shape index (κ1) is 11.9. The molecule has 0 bridgehead atoms. The number of H-pyrrole nitrogens is 1. The highest BCUT2D eigenvalue weighted by Gasteiger charge is 2.14. The Morgan fingerprint density at radius 2 is 2.28 bits per heavy atom. The molecule has 8 nitrogen and oxygen atoms in total. The van der Waals surface area contributed by atoms with E-state index in [0.29, 0.717) is 5.82 Å². The molecule has 1 aromatic heterocycles. The third-order valence-corrected chi connectivity index (χ3v) is 2.23. The van der Waals surface area contributed by atoms with Gasteiger partial charge in [-0.3, -0.25) is 10.1 Å². The number of aromatic nitrogens is 4. The summed E-state index contributed by atoms with van der Waals surface area (Å²) in [4.78, 5) is 9.93. The van der Waals surface area contributed by atoms with Gasteiger partial charge in [0.2, 0.25) is 0 Å². The molecular formula is C9H9FN6O2. The molecule has 0 amide bonds. The summed E-state index contributed by atoms with van der Waals surface area (Å²) in [5, 5.41) is 26.6. The number of hydrogen-bond donors (Lipinski definition) is 2. The van der Waals surface area contributed by atoms with E-state index in [4.69, 9.17) is 0 Å². The van der Waals surface area contributed by atoms with Crippen LogP contribution in [-0.2, 0) is 0 Å². The van der Waals surface area contributed by atoms with E-state index >= 15 is 0 Å². The SMILES string of the molecule is CC(Nc1cc(F)cc([N+](=O)[O-])c1)c1nn[nH]n1. The number of benzene rings is 1. The Morgan fingerprint density at radius 3 is 2.89 bits per heavy atom. The fraction of sp³-hybridized carbons (Fsp3) is 0.222. The minimum absolute atomic E-state index is 0.277. The molecule has 94 valence electrons. The lowest BCUT2D eigenvalue weighted by Gasteiger charge is -2.11. The van der Waals surface area contributed by atoms with Crippen LogP contribution in [0.4, 0.5) is 15.8 Å². The van der Waals surface area contributed by atoms with Crippen molar-refractivity contribution in [2.24, 2.45) is 0 Å². The van der Waals surface area contributed by atoms with Crippen LogP contribution in [0.15, 0.2) is 18.2 Å². The molecule has 1 unspecified atom stereocenters. The fourth-order valence-corrected chi connectivity index (χ4v) is 1.43. The van der Waals surface area contributed by atoms with Crippen LogP contribution in [0.5, 0.6) is 0 Å². The van der Waals surface area contributed by atoms with Crippen LogP contribution in [0.1, 0.15) is 18.8 Å². The second kappa shape index (κ2) is 4.73. The Hall–Kier alpha value is -2.58. The van der Waals surface area contributed by atoms with Crippen LogP contribution < -0.4 is 5.32 Å². The summed E-state index contributed by atoms with van der Waals surface area (Å²) in [6.07, 6.45) is 0. The minimum atomic E-state index is -0.688. The zero-order valence-electron chi connectivity index (χ0n) is 9.29. The molecule has 2 aromatic rings. The van der Waals surface area contributed by atoms with E-state index in [2.05, 4.69) is 25.9 Å². The zero-order chi connectivity index (χ0) is 13.1. The van der Waals surface area contributed by atoms with E-state index in [1.165, 1.54) is 6.07 Å². The van der Waals surface area contributed by atoms with Crippen LogP contribution in [0.3, 0.4) is 0 Å². The molecular weight excluding hydrogens is 243 g/mol. The largest absolute Gasteiger partial charge is 0.375 e. The van der Waals surface area contributed by atoms with E-state index in [0.717, 1.165) is 12.1 Å². The summed E-state index contributed by atoms with van der Waals surface area (Å²) in [7, 11) is 0. The highest BCUT2D eigenvalue weighted by Crippen LogP contribution is 2.22. The van der Waals surface area contributed by atoms with Crippen molar-refractivity contribution in [2.45, 2.75) is 13.0 Å². The topological polar surface area (TPSA) is 110 Å². The number of nitro benzene ring substituents is 1. The quantitative estimate of drug-likeness (QED) is 0.629. The number of nitrogens with zero attached hydrogens (tertiary/aromatic N) is 4. The molecule has 0 radical (unpaired) electrons. The molecule has 18 heavy (non-hydrogen) atoms. The van der Waals surface area contributed by atoms with Crippen LogP contribution in [-0.4, -0.2) is 25.5 Å². The smallest absolute Gasteiger partial charge is 0.274 e. The molecule has 0 aliphatic carbocycles. The number of non-ortho nitro benzene ring substituents is 1. The maximum absolute atomic E-state index is 13.2. The van der Waals surface area contributed by atoms with E-state index in [1.54, 1.807) is 6.92 Å². The van der Waals surface area contributed by atoms with Gasteiger partial charge in [0.1, 0.15) is 5.82 Å². The van der Waals surface area contributed by atoms with E-state index in [-0.39, 0.29) is 17.4 Å². The summed E-state index contributed by atoms with van der Waals surface area (Å²) in [5.74, 6) is -0.311. The molecule has 1 aromatic carbocycles. The summed E-state index contributed by atoms with van der Waals surface area (Å²) in [5.41, 5.74) is -0.0446. The average molecular weight is 252 g/mol. The molecule has 0 aliphatic rings. The van der Waals surface area contributed by atoms with Gasteiger partial charge in [-0.1, -0.05) is 5.21 Å². The number of rotatable bonds is 4. The van der Waals surface area contributed by atoms with Gasteiger partial charge in [0.05, 0.1) is 17.0 Å². The number of aromatic amines is 1. The summed E-state index contributed by atoms with van der Waals surface area (Å²) in [6, 6.07) is 2.89. The molecule has 2 rings (SSSR count). The Labute approximate surface area is 100 Å². The number of hydrogen-bond acceptors (Lipinski definition) is 6. The summed E-state index contributed by atoms with van der Waals surface area (Å²) < 4.78 is 13.2. The van der Waals surface area contributed by atoms with Crippen LogP contribution in [0, 0.1) is 15.9 Å². The molecule has 9 heteroatoms. The van der Waals surface area contributed by atoms with Crippen molar-refractivity contribution in [1.29, 1.82) is 0 Å². The zero-order valence-corrected chi connectivity index (χ0v) is 9.29. The van der Waals surface area contributed by atoms with Crippen molar-refractivity contribution in [3.63, 3.8) is 0 Å². The molecule has 2 N–H and O–H groups in total. The van der Waals surface area contributed by atoms with Gasteiger partial charge in [0.25, 0.3) is 5.69 Å². The minimum Gasteiger partial charge on any atom is -0.375 e. The molecule has 0 aliphatic heterocycles. The third kappa shape index (κ3) is 2.56. The predicted octanol–water partition coefficient (Wildman–Crippen LogP) is 1.42. The Bertz CT molecular complexity index is 558. The van der Waals surface area contributed by atoms with E-state index in [1.807, 2.05) is 0 Å². The average Bonchev–Trinajstić information content (AvgIpc) is 2.81. The molecule has 1 heterocycles. The number of tetrazole rings is 1. The van der Waals surface area contributed by atoms with E-state index in [9.17, 15) is 14.5 Å². The Morgan fingerprint density at radius 1 is 1.50 bits per heavy atom. The van der Waals surface area contributed by atoms with Gasteiger partial charge in [0, 0.05) is 11.8 Å². The first-order valence-electron chi connectivity index (χ1n) is 5.01. The summed E-state index contributed by atoms with van der Waals surface area (Å²) in [6.45, 7) is 1.72. The highest BCUT2D eigenvalue weighted by molar-refractivity contribution is 5.52. The van der Waals surface area contributed by atoms with Crippen molar-refractivity contribution in [3.8, 4) is 0 Å². The van der Waals surface area contributed by atoms with Crippen molar-refractivity contribution < 1.29 is 9.31 Å². The summed E-state index contributed by atoms with van der Waals surface area (Å²) >= 11 is 0. The Balaban J connectivity index is 2.21. The third-order valence-electron chi connectivity index (χ3n) is 2.23. The van der Waals surface area contributed by atoms with Crippen molar-refractivity contribution in [3.05, 3.63) is 40.0 Å². The molecule has 0 saturated heterocycles. The van der Waals surface area contributed by atoms with Crippen molar-refractivity contribution in [1.82, 2.24) is 20.6 Å². The first-order valence-corrected chi connectivity index (χ1v) is 5.01. The van der Waals surface area contributed by atoms with Gasteiger partial charge in [-0.15, -0.1) is 10.2 Å². The normalized spacial score (nSPS) is 12.1. The lowest BCUT2D eigenvalue weighted by atomic mass is 10.2. The van der Waals surface area contributed by atoms with Gasteiger partial charge in [-0.05, 0) is 13.0 Å². The first-order chi connectivity index (χ1) is 8.56. The number of nitro groups is 1. The van der Waals surface area contributed by atoms with Crippen LogP contribution >= 0.6 is 0 Å². The van der Waals surface area contributed by atoms with Gasteiger partial charge < -0.3 is 5.32 Å². The fourth-order valence-electron chi connectivity index (χ4n) is 1.43. The maximum Gasteiger partial charge on any atom is 0.274 e. The lowest BCUT2D eigenvalue weighted by Crippen LogP contribution is -2.09. The Kier molecular flexibility index (Phi) is 3.13. The molecule has 0 fully saturated rings. The number of halogens is 1. The van der Waals surface area contributed by atoms with E-state index < -0.39 is 10.7 Å². The van der Waals surface area contributed by atoms with Crippen molar-refractivity contribution >= 4 is 11.4 Å². The van der Waals surface area contributed by atoms with Gasteiger partial charge in [-0.2, -0.15) is 5.21 Å². The number of nitrogens with one attached hydrogen (secondary N) is 2.